The number of fused-ring (bicyclic) bond motifs is 1. The van der Waals surface area contributed by atoms with Crippen molar-refractivity contribution in [2.75, 3.05) is 19.6 Å². The summed E-state index contributed by atoms with van der Waals surface area (Å²) in [7, 11) is 0. The molecular weight excluding hydrogens is 477 g/mol. The van der Waals surface area contributed by atoms with E-state index in [0.717, 1.165) is 10.9 Å². The lowest BCUT2D eigenvalue weighted by Crippen LogP contribution is -2.55. The Hall–Kier alpha value is -3.39. The number of nitrogens with zero attached hydrogens (tertiary/aromatic N) is 1. The second-order valence-electron chi connectivity index (χ2n) is 8.47. The molecule has 1 amide bonds. The van der Waals surface area contributed by atoms with E-state index in [2.05, 4.69) is 22.1 Å². The highest BCUT2D eigenvalue weighted by molar-refractivity contribution is 7.80. The number of thiocarbonyl (C=S) groups is 1. The van der Waals surface area contributed by atoms with Crippen molar-refractivity contribution < 1.29 is 23.2 Å². The number of halogens is 3. The second kappa shape index (κ2) is 10.1. The van der Waals surface area contributed by atoms with Gasteiger partial charge in [0.15, 0.2) is 0 Å². The number of carbonyl (C=O) groups is 1. The van der Waals surface area contributed by atoms with Crippen molar-refractivity contribution in [3.8, 4) is 11.8 Å². The number of hydrogen-bond acceptors (Lipinski definition) is 4. The van der Waals surface area contributed by atoms with Gasteiger partial charge in [-0.05, 0) is 37.1 Å². The zero-order valence-corrected chi connectivity index (χ0v) is 19.4. The van der Waals surface area contributed by atoms with Gasteiger partial charge in [-0.2, -0.15) is 13.2 Å². The van der Waals surface area contributed by atoms with Crippen LogP contribution in [0, 0.1) is 11.8 Å². The van der Waals surface area contributed by atoms with E-state index >= 15 is 0 Å². The van der Waals surface area contributed by atoms with Gasteiger partial charge in [0.05, 0.1) is 6.54 Å². The van der Waals surface area contributed by atoms with Crippen LogP contribution in [0.3, 0.4) is 0 Å². The third-order valence-electron chi connectivity index (χ3n) is 5.93. The molecule has 6 nitrogen and oxygen atoms in total. The van der Waals surface area contributed by atoms with Gasteiger partial charge in [-0.25, -0.2) is 0 Å². The molecule has 0 saturated carbocycles. The predicted molar refractivity (Wildman–Crippen MR) is 130 cm³/mol. The predicted octanol–water partition coefficient (Wildman–Crippen LogP) is 4.00. The quantitative estimate of drug-likeness (QED) is 0.247. The van der Waals surface area contributed by atoms with Gasteiger partial charge in [0.2, 0.25) is 0 Å². The van der Waals surface area contributed by atoms with E-state index in [4.69, 9.17) is 17.4 Å². The lowest BCUT2D eigenvalue weighted by Gasteiger charge is -2.39. The molecule has 1 aliphatic heterocycles. The van der Waals surface area contributed by atoms with Crippen LogP contribution in [0.4, 0.5) is 13.2 Å². The molecule has 10 heteroatoms. The third-order valence-corrected chi connectivity index (χ3v) is 6.26. The number of hydrogen-bond donors (Lipinski definition) is 4. The molecule has 0 radical (unpaired) electrons. The first-order valence-corrected chi connectivity index (χ1v) is 11.3. The summed E-state index contributed by atoms with van der Waals surface area (Å²) in [6.07, 6.45) is -3.79. The molecule has 0 atom stereocenters. The average molecular weight is 501 g/mol. The van der Waals surface area contributed by atoms with Gasteiger partial charge in [0, 0.05) is 35.1 Å². The number of alkyl halides is 3. The number of amides is 1. The number of likely N-dealkylation sites (tertiary alicyclic amines) is 1. The zero-order valence-electron chi connectivity index (χ0n) is 18.6. The Morgan fingerprint density at radius 3 is 2.46 bits per heavy atom. The number of benzene rings is 2. The lowest BCUT2D eigenvalue weighted by atomic mass is 9.87. The number of hydroxylamine groups is 1. The van der Waals surface area contributed by atoms with Crippen LogP contribution in [0.5, 0.6) is 0 Å². The van der Waals surface area contributed by atoms with Crippen LogP contribution < -0.4 is 10.8 Å². The largest absolute Gasteiger partial charge is 0.401 e. The third kappa shape index (κ3) is 6.19. The Labute approximate surface area is 205 Å². The van der Waals surface area contributed by atoms with E-state index in [1.807, 2.05) is 29.7 Å². The first kappa shape index (κ1) is 24.7. The molecule has 0 bridgehead atoms. The summed E-state index contributed by atoms with van der Waals surface area (Å²) in [6, 6.07) is 16.0. The Balaban J connectivity index is 1.57. The highest BCUT2D eigenvalue weighted by Crippen LogP contribution is 2.26. The fourth-order valence-corrected chi connectivity index (χ4v) is 4.21. The fraction of sp³-hybridized carbons (Fsp3) is 0.280. The van der Waals surface area contributed by atoms with Gasteiger partial charge >= 0.3 is 6.18 Å². The smallest absolute Gasteiger partial charge is 0.351 e. The van der Waals surface area contributed by atoms with Gasteiger partial charge in [0.25, 0.3) is 5.91 Å². The number of carbonyl (C=O) groups excluding carboxylic acids is 1. The van der Waals surface area contributed by atoms with Crippen LogP contribution >= 0.6 is 12.2 Å². The average Bonchev–Trinajstić information content (AvgIpc) is 3.28. The van der Waals surface area contributed by atoms with Crippen LogP contribution in [0.25, 0.3) is 10.9 Å². The molecule has 1 aliphatic rings. The molecule has 0 spiro atoms. The van der Waals surface area contributed by atoms with Crippen LogP contribution in [0.2, 0.25) is 0 Å². The molecule has 1 fully saturated rings. The van der Waals surface area contributed by atoms with E-state index in [0.29, 0.717) is 16.8 Å². The van der Waals surface area contributed by atoms with E-state index in [1.165, 1.54) is 4.90 Å². The minimum atomic E-state index is -4.29. The lowest BCUT2D eigenvalue weighted by molar-refractivity contribution is -0.148. The van der Waals surface area contributed by atoms with Crippen molar-refractivity contribution in [1.29, 1.82) is 0 Å². The van der Waals surface area contributed by atoms with Gasteiger partial charge in [-0.15, -0.1) is 0 Å². The maximum atomic E-state index is 13.1. The maximum absolute atomic E-state index is 13.1. The Morgan fingerprint density at radius 1 is 1.14 bits per heavy atom. The van der Waals surface area contributed by atoms with Crippen molar-refractivity contribution in [2.45, 2.75) is 24.6 Å². The van der Waals surface area contributed by atoms with Crippen molar-refractivity contribution in [3.63, 3.8) is 0 Å². The number of aromatic amines is 1. The molecule has 182 valence electrons. The molecule has 3 aromatic rings. The van der Waals surface area contributed by atoms with E-state index in [-0.39, 0.29) is 36.8 Å². The number of piperidine rings is 1. The molecule has 1 saturated heterocycles. The molecule has 2 heterocycles. The molecule has 4 N–H and O–H groups in total. The summed E-state index contributed by atoms with van der Waals surface area (Å²) in [4.78, 5) is 17.7. The molecule has 0 aliphatic carbocycles. The number of aromatic nitrogens is 1. The number of rotatable bonds is 4. The summed E-state index contributed by atoms with van der Waals surface area (Å²) in [5, 5.41) is 12.8. The standard InChI is InChI=1S/C25H23F3N4O2S/c26-25(27,28)16-32-13-11-24(12-14-32,10-9-17-5-7-18(8-6-17)23(35)31-34)30-22(33)21-15-19-3-1-2-4-20(19)29-21/h1-8,15,29,34H,11-14,16H2,(H,30,33)(H,31,35). The van der Waals surface area contributed by atoms with Crippen molar-refractivity contribution in [1.82, 2.24) is 20.7 Å². The summed E-state index contributed by atoms with van der Waals surface area (Å²) in [6.45, 7) is -0.695. The Kier molecular flexibility index (Phi) is 7.12. The highest BCUT2D eigenvalue weighted by atomic mass is 32.1. The van der Waals surface area contributed by atoms with Gasteiger partial charge in [-0.1, -0.05) is 54.4 Å². The monoisotopic (exact) mass is 500 g/mol. The van der Waals surface area contributed by atoms with E-state index in [9.17, 15) is 18.0 Å². The first-order valence-electron chi connectivity index (χ1n) is 10.9. The van der Waals surface area contributed by atoms with Gasteiger partial charge in [0.1, 0.15) is 16.2 Å². The van der Waals surface area contributed by atoms with Gasteiger partial charge < -0.3 is 10.3 Å². The van der Waals surface area contributed by atoms with E-state index in [1.54, 1.807) is 30.3 Å². The van der Waals surface area contributed by atoms with Crippen molar-refractivity contribution in [2.24, 2.45) is 0 Å². The molecular formula is C25H23F3N4O2S. The molecule has 0 unspecified atom stereocenters. The van der Waals surface area contributed by atoms with Crippen molar-refractivity contribution in [3.05, 3.63) is 71.4 Å². The summed E-state index contributed by atoms with van der Waals surface area (Å²) in [5.41, 5.74) is 3.35. The Morgan fingerprint density at radius 2 is 1.83 bits per heavy atom. The Bertz CT molecular complexity index is 1250. The SMILES string of the molecule is O=C(NC1(C#Cc2ccc(C(=S)NO)cc2)CCN(CC(F)(F)F)CC1)c1cc2ccccc2[nH]1. The minimum Gasteiger partial charge on any atom is -0.351 e. The second-order valence-corrected chi connectivity index (χ2v) is 8.87. The first-order chi connectivity index (χ1) is 16.7. The minimum absolute atomic E-state index is 0.149. The van der Waals surface area contributed by atoms with Crippen LogP contribution in [-0.2, 0) is 0 Å². The number of H-pyrrole nitrogens is 1. The highest BCUT2D eigenvalue weighted by Gasteiger charge is 2.39. The number of para-hydroxylation sites is 1. The fourth-order valence-electron chi connectivity index (χ4n) is 4.07. The topological polar surface area (TPSA) is 80.4 Å². The van der Waals surface area contributed by atoms with Crippen LogP contribution in [-0.4, -0.2) is 57.3 Å². The summed E-state index contributed by atoms with van der Waals surface area (Å²) in [5.74, 6) is 5.81. The molecule has 1 aromatic heterocycles. The van der Waals surface area contributed by atoms with Crippen LogP contribution in [0.1, 0.15) is 34.5 Å². The zero-order chi connectivity index (χ0) is 25.1. The molecule has 4 rings (SSSR count). The van der Waals surface area contributed by atoms with E-state index < -0.39 is 18.3 Å². The maximum Gasteiger partial charge on any atom is 0.401 e. The molecule has 35 heavy (non-hydrogen) atoms. The van der Waals surface area contributed by atoms with Gasteiger partial charge in [-0.3, -0.25) is 20.4 Å². The van der Waals surface area contributed by atoms with Crippen molar-refractivity contribution >= 4 is 34.0 Å². The summed E-state index contributed by atoms with van der Waals surface area (Å²) >= 11 is 4.98. The summed E-state index contributed by atoms with van der Waals surface area (Å²) < 4.78 is 38.6. The van der Waals surface area contributed by atoms with Crippen LogP contribution in [0.15, 0.2) is 54.6 Å². The molecule has 2 aromatic carbocycles. The normalized spacial score (nSPS) is 15.8. The number of nitrogens with one attached hydrogen (secondary N) is 3.